The van der Waals surface area contributed by atoms with Crippen molar-refractivity contribution in [2.75, 3.05) is 0 Å². The van der Waals surface area contributed by atoms with Gasteiger partial charge in [0.2, 0.25) is 11.2 Å². The van der Waals surface area contributed by atoms with Gasteiger partial charge in [-0.2, -0.15) is 4.98 Å². The first kappa shape index (κ1) is 15.8. The zero-order valence-electron chi connectivity index (χ0n) is 13.2. The fourth-order valence-electron chi connectivity index (χ4n) is 2.14. The molecule has 0 saturated carbocycles. The lowest BCUT2D eigenvalue weighted by atomic mass is 9.85. The van der Waals surface area contributed by atoms with E-state index in [1.54, 1.807) is 6.07 Å². The number of aryl methyl sites for hydroxylation is 2. The van der Waals surface area contributed by atoms with Gasteiger partial charge in [0, 0.05) is 17.3 Å². The average molecular weight is 305 g/mol. The van der Waals surface area contributed by atoms with Gasteiger partial charge in [0.05, 0.1) is 0 Å². The van der Waals surface area contributed by atoms with Crippen LogP contribution in [-0.4, -0.2) is 9.97 Å². The van der Waals surface area contributed by atoms with Crippen LogP contribution < -0.4 is 4.74 Å². The third-order valence-electron chi connectivity index (χ3n) is 3.28. The van der Waals surface area contributed by atoms with Crippen LogP contribution in [0.2, 0.25) is 5.28 Å². The number of hydrogen-bond acceptors (Lipinski definition) is 3. The summed E-state index contributed by atoms with van der Waals surface area (Å²) in [5.41, 5.74) is 3.23. The summed E-state index contributed by atoms with van der Waals surface area (Å²) in [6.45, 7) is 10.5. The van der Waals surface area contributed by atoms with E-state index in [1.165, 1.54) is 5.56 Å². The highest BCUT2D eigenvalue weighted by molar-refractivity contribution is 6.28. The molecule has 1 aromatic heterocycles. The van der Waals surface area contributed by atoms with Crippen molar-refractivity contribution in [1.29, 1.82) is 0 Å². The van der Waals surface area contributed by atoms with E-state index in [2.05, 4.69) is 49.8 Å². The van der Waals surface area contributed by atoms with Gasteiger partial charge in [0.25, 0.3) is 0 Å². The molecule has 0 bridgehead atoms. The second kappa shape index (κ2) is 6.02. The van der Waals surface area contributed by atoms with Crippen molar-refractivity contribution in [2.45, 2.75) is 46.5 Å². The zero-order chi connectivity index (χ0) is 15.6. The molecule has 21 heavy (non-hydrogen) atoms. The molecular formula is C17H21ClN2O. The first-order valence-corrected chi connectivity index (χ1v) is 7.50. The van der Waals surface area contributed by atoms with Gasteiger partial charge in [-0.15, -0.1) is 0 Å². The van der Waals surface area contributed by atoms with Crippen LogP contribution in [0.1, 0.15) is 44.5 Å². The Kier molecular flexibility index (Phi) is 4.52. The summed E-state index contributed by atoms with van der Waals surface area (Å²) >= 11 is 5.89. The monoisotopic (exact) mass is 304 g/mol. The fourth-order valence-corrected chi connectivity index (χ4v) is 2.36. The summed E-state index contributed by atoms with van der Waals surface area (Å²) in [6.07, 6.45) is 1.00. The van der Waals surface area contributed by atoms with E-state index in [9.17, 15) is 0 Å². The third kappa shape index (κ3) is 3.94. The fraction of sp³-hybridized carbons (Fsp3) is 0.412. The molecule has 112 valence electrons. The van der Waals surface area contributed by atoms with Crippen LogP contribution in [-0.2, 0) is 11.8 Å². The lowest BCUT2D eigenvalue weighted by molar-refractivity contribution is 0.438. The molecule has 4 heteroatoms. The molecular weight excluding hydrogens is 284 g/mol. The Balaban J connectivity index is 2.43. The molecule has 2 rings (SSSR count). The molecule has 0 aliphatic rings. The van der Waals surface area contributed by atoms with Gasteiger partial charge < -0.3 is 4.74 Å². The first-order valence-electron chi connectivity index (χ1n) is 7.12. The van der Waals surface area contributed by atoms with Crippen molar-refractivity contribution >= 4 is 11.6 Å². The van der Waals surface area contributed by atoms with Gasteiger partial charge in [-0.05, 0) is 42.0 Å². The molecule has 1 heterocycles. The topological polar surface area (TPSA) is 35.0 Å². The molecule has 2 aromatic rings. The molecule has 0 unspecified atom stereocenters. The van der Waals surface area contributed by atoms with E-state index in [0.717, 1.165) is 23.4 Å². The second-order valence-corrected chi connectivity index (χ2v) is 6.49. The van der Waals surface area contributed by atoms with E-state index in [-0.39, 0.29) is 10.7 Å². The Morgan fingerprint density at radius 3 is 2.43 bits per heavy atom. The van der Waals surface area contributed by atoms with Crippen LogP contribution in [0.5, 0.6) is 11.6 Å². The summed E-state index contributed by atoms with van der Waals surface area (Å²) in [4.78, 5) is 8.18. The highest BCUT2D eigenvalue weighted by Crippen LogP contribution is 2.34. The van der Waals surface area contributed by atoms with Crippen molar-refractivity contribution in [1.82, 2.24) is 9.97 Å². The minimum absolute atomic E-state index is 0.00756. The largest absolute Gasteiger partial charge is 0.439 e. The minimum Gasteiger partial charge on any atom is -0.439 e. The molecule has 0 fully saturated rings. The van der Waals surface area contributed by atoms with Crippen LogP contribution in [0.15, 0.2) is 24.3 Å². The maximum absolute atomic E-state index is 5.96. The van der Waals surface area contributed by atoms with Gasteiger partial charge >= 0.3 is 0 Å². The molecule has 3 nitrogen and oxygen atoms in total. The van der Waals surface area contributed by atoms with Crippen molar-refractivity contribution < 1.29 is 4.74 Å². The highest BCUT2D eigenvalue weighted by Gasteiger charge is 2.20. The number of nitrogens with zero attached hydrogens (tertiary/aromatic N) is 2. The molecule has 0 radical (unpaired) electrons. The Morgan fingerprint density at radius 2 is 1.86 bits per heavy atom. The normalized spacial score (nSPS) is 11.5. The van der Waals surface area contributed by atoms with Gasteiger partial charge in [0.15, 0.2) is 0 Å². The second-order valence-electron chi connectivity index (χ2n) is 6.15. The molecule has 0 aliphatic heterocycles. The number of aromatic nitrogens is 2. The first-order chi connectivity index (χ1) is 9.79. The number of ether oxygens (including phenoxy) is 1. The van der Waals surface area contributed by atoms with Crippen molar-refractivity contribution in [3.63, 3.8) is 0 Å². The van der Waals surface area contributed by atoms with Gasteiger partial charge in [-0.25, -0.2) is 4.98 Å². The molecule has 0 saturated heterocycles. The zero-order valence-corrected chi connectivity index (χ0v) is 14.0. The Hall–Kier alpha value is -1.61. The maximum atomic E-state index is 5.96. The lowest BCUT2D eigenvalue weighted by Gasteiger charge is -2.23. The van der Waals surface area contributed by atoms with Crippen LogP contribution in [0.3, 0.4) is 0 Å². The van der Waals surface area contributed by atoms with E-state index in [4.69, 9.17) is 16.3 Å². The van der Waals surface area contributed by atoms with Crippen molar-refractivity contribution in [3.05, 3.63) is 46.4 Å². The molecule has 0 amide bonds. The number of rotatable bonds is 3. The molecule has 0 spiro atoms. The summed E-state index contributed by atoms with van der Waals surface area (Å²) in [5.74, 6) is 1.29. The predicted molar refractivity (Wildman–Crippen MR) is 86.4 cm³/mol. The Bertz CT molecular complexity index is 627. The van der Waals surface area contributed by atoms with E-state index < -0.39 is 0 Å². The van der Waals surface area contributed by atoms with E-state index >= 15 is 0 Å². The SMILES string of the molecule is CCc1ccc(Oc2cc(C)nc(Cl)n2)c(C(C)(C)C)c1. The maximum Gasteiger partial charge on any atom is 0.225 e. The minimum atomic E-state index is -0.00756. The van der Waals surface area contributed by atoms with Gasteiger partial charge in [0.1, 0.15) is 5.75 Å². The van der Waals surface area contributed by atoms with Gasteiger partial charge in [-0.3, -0.25) is 0 Å². The van der Waals surface area contributed by atoms with Crippen LogP contribution in [0, 0.1) is 6.92 Å². The van der Waals surface area contributed by atoms with Crippen LogP contribution >= 0.6 is 11.6 Å². The summed E-state index contributed by atoms with van der Waals surface area (Å²) in [7, 11) is 0. The molecule has 0 atom stereocenters. The quantitative estimate of drug-likeness (QED) is 0.741. The van der Waals surface area contributed by atoms with E-state index in [1.807, 2.05) is 13.0 Å². The average Bonchev–Trinajstić information content (AvgIpc) is 2.36. The Labute approximate surface area is 131 Å². The predicted octanol–water partition coefficient (Wildman–Crippen LogP) is 5.09. The summed E-state index contributed by atoms with van der Waals surface area (Å²) in [6, 6.07) is 8.07. The van der Waals surface area contributed by atoms with Crippen LogP contribution in [0.4, 0.5) is 0 Å². The van der Waals surface area contributed by atoms with Crippen molar-refractivity contribution in [3.8, 4) is 11.6 Å². The standard InChI is InChI=1S/C17H21ClN2O/c1-6-12-7-8-14(13(10-12)17(3,4)5)21-15-9-11(2)19-16(18)20-15/h7-10H,6H2,1-5H3. The third-order valence-corrected chi connectivity index (χ3v) is 3.45. The van der Waals surface area contributed by atoms with Gasteiger partial charge in [-0.1, -0.05) is 39.8 Å². The smallest absolute Gasteiger partial charge is 0.225 e. The van der Waals surface area contributed by atoms with E-state index in [0.29, 0.717) is 5.88 Å². The summed E-state index contributed by atoms with van der Waals surface area (Å²) in [5, 5.41) is 0.201. The Morgan fingerprint density at radius 1 is 1.14 bits per heavy atom. The lowest BCUT2D eigenvalue weighted by Crippen LogP contribution is -2.13. The molecule has 0 aliphatic carbocycles. The summed E-state index contributed by atoms with van der Waals surface area (Å²) < 4.78 is 5.96. The van der Waals surface area contributed by atoms with Crippen LogP contribution in [0.25, 0.3) is 0 Å². The number of halogens is 1. The molecule has 1 aromatic carbocycles. The molecule has 0 N–H and O–H groups in total. The number of benzene rings is 1. The van der Waals surface area contributed by atoms with Crippen molar-refractivity contribution in [2.24, 2.45) is 0 Å². The highest BCUT2D eigenvalue weighted by atomic mass is 35.5. The number of hydrogen-bond donors (Lipinski definition) is 0.